The summed E-state index contributed by atoms with van der Waals surface area (Å²) in [5.41, 5.74) is -1.02. The van der Waals surface area contributed by atoms with Gasteiger partial charge in [-0.15, -0.1) is 0 Å². The molecule has 0 N–H and O–H groups in total. The topological polar surface area (TPSA) is 46.6 Å². The van der Waals surface area contributed by atoms with Crippen LogP contribution in [0.25, 0.3) is 0 Å². The molecule has 0 bridgehead atoms. The Kier molecular flexibility index (Phi) is 5.12. The first-order valence-corrected chi connectivity index (χ1v) is 5.83. The third-order valence-corrected chi connectivity index (χ3v) is 2.65. The maximum Gasteiger partial charge on any atom is 0.416 e. The number of hydrogen-bond acceptors (Lipinski definition) is 3. The molecule has 4 nitrogen and oxygen atoms in total. The SMILES string of the molecule is CCN(CC(=O)OC)C(=O)c1cccc(C(F)(F)F)c1. The lowest BCUT2D eigenvalue weighted by Gasteiger charge is -2.20. The molecule has 0 saturated heterocycles. The Hall–Kier alpha value is -2.05. The minimum absolute atomic E-state index is 0.120. The van der Waals surface area contributed by atoms with Gasteiger partial charge in [0.05, 0.1) is 12.7 Å². The van der Waals surface area contributed by atoms with E-state index in [0.717, 1.165) is 23.1 Å². The van der Waals surface area contributed by atoms with Crippen molar-refractivity contribution in [2.45, 2.75) is 13.1 Å². The van der Waals surface area contributed by atoms with Crippen LogP contribution >= 0.6 is 0 Å². The first kappa shape index (κ1) is 16.0. The number of benzene rings is 1. The van der Waals surface area contributed by atoms with Gasteiger partial charge in [-0.05, 0) is 25.1 Å². The van der Waals surface area contributed by atoms with E-state index in [2.05, 4.69) is 4.74 Å². The first-order valence-electron chi connectivity index (χ1n) is 5.83. The largest absolute Gasteiger partial charge is 0.468 e. The lowest BCUT2D eigenvalue weighted by Crippen LogP contribution is -2.36. The normalized spacial score (nSPS) is 11.1. The molecule has 0 radical (unpaired) electrons. The number of alkyl halides is 3. The highest BCUT2D eigenvalue weighted by Crippen LogP contribution is 2.29. The molecule has 0 aliphatic heterocycles. The van der Waals surface area contributed by atoms with Crippen molar-refractivity contribution in [2.75, 3.05) is 20.2 Å². The molecule has 7 heteroatoms. The zero-order valence-electron chi connectivity index (χ0n) is 11.0. The zero-order chi connectivity index (χ0) is 15.3. The van der Waals surface area contributed by atoms with Crippen LogP contribution in [0, 0.1) is 0 Å². The molecule has 1 aromatic carbocycles. The average molecular weight is 289 g/mol. The van der Waals surface area contributed by atoms with E-state index in [0.29, 0.717) is 0 Å². The molecule has 0 atom stereocenters. The summed E-state index contributed by atoms with van der Waals surface area (Å²) in [6, 6.07) is 4.08. The predicted octanol–water partition coefficient (Wildman–Crippen LogP) is 2.34. The number of carbonyl (C=O) groups is 2. The summed E-state index contributed by atoms with van der Waals surface area (Å²) in [4.78, 5) is 24.3. The second-order valence-electron chi connectivity index (χ2n) is 3.97. The molecule has 0 heterocycles. The zero-order valence-corrected chi connectivity index (χ0v) is 11.0. The fourth-order valence-electron chi connectivity index (χ4n) is 1.56. The molecule has 0 saturated carbocycles. The van der Waals surface area contributed by atoms with Gasteiger partial charge >= 0.3 is 12.1 Å². The smallest absolute Gasteiger partial charge is 0.416 e. The van der Waals surface area contributed by atoms with Crippen LogP contribution in [0.15, 0.2) is 24.3 Å². The molecular weight excluding hydrogens is 275 g/mol. The van der Waals surface area contributed by atoms with Gasteiger partial charge in [-0.2, -0.15) is 13.2 Å². The number of esters is 1. The third-order valence-electron chi connectivity index (χ3n) is 2.65. The highest BCUT2D eigenvalue weighted by atomic mass is 19.4. The first-order chi connectivity index (χ1) is 9.29. The van der Waals surface area contributed by atoms with E-state index in [1.54, 1.807) is 6.92 Å². The second kappa shape index (κ2) is 6.40. The predicted molar refractivity (Wildman–Crippen MR) is 65.0 cm³/mol. The summed E-state index contributed by atoms with van der Waals surface area (Å²) in [5.74, 6) is -1.28. The van der Waals surface area contributed by atoms with Crippen LogP contribution in [0.4, 0.5) is 13.2 Å². The van der Waals surface area contributed by atoms with Crippen LogP contribution in [0.5, 0.6) is 0 Å². The molecule has 0 spiro atoms. The van der Waals surface area contributed by atoms with E-state index < -0.39 is 23.6 Å². The summed E-state index contributed by atoms with van der Waals surface area (Å²) in [6.07, 6.45) is -4.52. The number of methoxy groups -OCH3 is 1. The maximum absolute atomic E-state index is 12.6. The van der Waals surface area contributed by atoms with Gasteiger partial charge in [0.15, 0.2) is 0 Å². The van der Waals surface area contributed by atoms with Crippen LogP contribution in [0.3, 0.4) is 0 Å². The summed E-state index contributed by atoms with van der Waals surface area (Å²) in [5, 5.41) is 0. The highest BCUT2D eigenvalue weighted by molar-refractivity contribution is 5.96. The number of halogens is 3. The number of carbonyl (C=O) groups excluding carboxylic acids is 2. The Morgan fingerprint density at radius 2 is 1.95 bits per heavy atom. The molecule has 1 amide bonds. The van der Waals surface area contributed by atoms with E-state index >= 15 is 0 Å². The Morgan fingerprint density at radius 3 is 2.45 bits per heavy atom. The van der Waals surface area contributed by atoms with Gasteiger partial charge in [0.2, 0.25) is 0 Å². The lowest BCUT2D eigenvalue weighted by molar-refractivity contribution is -0.141. The number of ether oxygens (including phenoxy) is 1. The van der Waals surface area contributed by atoms with Gasteiger partial charge in [0.1, 0.15) is 6.54 Å². The number of rotatable bonds is 4. The molecule has 0 aromatic heterocycles. The minimum Gasteiger partial charge on any atom is -0.468 e. The third kappa shape index (κ3) is 3.97. The van der Waals surface area contributed by atoms with Gasteiger partial charge in [0.25, 0.3) is 5.91 Å². The van der Waals surface area contributed by atoms with E-state index in [4.69, 9.17) is 0 Å². The molecule has 0 fully saturated rings. The van der Waals surface area contributed by atoms with Crippen molar-refractivity contribution in [3.05, 3.63) is 35.4 Å². The Morgan fingerprint density at radius 1 is 1.30 bits per heavy atom. The standard InChI is InChI=1S/C13H14F3NO3/c1-3-17(8-11(18)20-2)12(19)9-5-4-6-10(7-9)13(14,15)16/h4-7H,3,8H2,1-2H3. The Labute approximate surface area is 114 Å². The molecule has 0 aliphatic carbocycles. The molecule has 0 aliphatic rings. The maximum atomic E-state index is 12.6. The number of amides is 1. The Bertz CT molecular complexity index is 500. The van der Waals surface area contributed by atoms with Crippen molar-refractivity contribution in [2.24, 2.45) is 0 Å². The quantitative estimate of drug-likeness (QED) is 0.799. The van der Waals surface area contributed by atoms with Crippen LogP contribution in [-0.2, 0) is 15.7 Å². The van der Waals surface area contributed by atoms with E-state index in [9.17, 15) is 22.8 Å². The summed E-state index contributed by atoms with van der Waals surface area (Å²) < 4.78 is 42.2. The van der Waals surface area contributed by atoms with Gasteiger partial charge < -0.3 is 9.64 Å². The summed E-state index contributed by atoms with van der Waals surface area (Å²) in [6.45, 7) is 1.50. The number of hydrogen-bond donors (Lipinski definition) is 0. The minimum atomic E-state index is -4.52. The van der Waals surface area contributed by atoms with Gasteiger partial charge in [-0.3, -0.25) is 9.59 Å². The monoisotopic (exact) mass is 289 g/mol. The molecule has 1 rings (SSSR count). The highest BCUT2D eigenvalue weighted by Gasteiger charge is 2.31. The molecular formula is C13H14F3NO3. The van der Waals surface area contributed by atoms with Crippen LogP contribution in [-0.4, -0.2) is 37.0 Å². The van der Waals surface area contributed by atoms with Crippen molar-refractivity contribution >= 4 is 11.9 Å². The van der Waals surface area contributed by atoms with Crippen molar-refractivity contribution in [1.29, 1.82) is 0 Å². The molecule has 20 heavy (non-hydrogen) atoms. The second-order valence-corrected chi connectivity index (χ2v) is 3.97. The number of nitrogens with zero attached hydrogens (tertiary/aromatic N) is 1. The van der Waals surface area contributed by atoms with Crippen LogP contribution < -0.4 is 0 Å². The average Bonchev–Trinajstić information content (AvgIpc) is 2.42. The van der Waals surface area contributed by atoms with Crippen molar-refractivity contribution < 1.29 is 27.5 Å². The number of likely N-dealkylation sites (N-methyl/N-ethyl adjacent to an activating group) is 1. The van der Waals surface area contributed by atoms with Crippen molar-refractivity contribution in [1.82, 2.24) is 4.90 Å². The van der Waals surface area contributed by atoms with Gasteiger partial charge in [0, 0.05) is 12.1 Å². The lowest BCUT2D eigenvalue weighted by atomic mass is 10.1. The van der Waals surface area contributed by atoms with Gasteiger partial charge in [-0.1, -0.05) is 6.07 Å². The van der Waals surface area contributed by atoms with Crippen molar-refractivity contribution in [3.63, 3.8) is 0 Å². The van der Waals surface area contributed by atoms with E-state index in [1.807, 2.05) is 0 Å². The molecule has 110 valence electrons. The molecule has 1 aromatic rings. The van der Waals surface area contributed by atoms with E-state index in [1.165, 1.54) is 13.2 Å². The summed E-state index contributed by atoms with van der Waals surface area (Å²) >= 11 is 0. The van der Waals surface area contributed by atoms with Crippen LogP contribution in [0.2, 0.25) is 0 Å². The van der Waals surface area contributed by atoms with E-state index in [-0.39, 0.29) is 18.7 Å². The fourth-order valence-corrected chi connectivity index (χ4v) is 1.56. The van der Waals surface area contributed by atoms with Gasteiger partial charge in [-0.25, -0.2) is 0 Å². The molecule has 0 unspecified atom stereocenters. The van der Waals surface area contributed by atoms with Crippen LogP contribution in [0.1, 0.15) is 22.8 Å². The van der Waals surface area contributed by atoms with Crippen molar-refractivity contribution in [3.8, 4) is 0 Å². The fraction of sp³-hybridized carbons (Fsp3) is 0.385. The summed E-state index contributed by atoms with van der Waals surface area (Å²) in [7, 11) is 1.17. The Balaban J connectivity index is 2.98.